The Balaban J connectivity index is 1.22. The summed E-state index contributed by atoms with van der Waals surface area (Å²) in [4.78, 5) is 32.3. The number of carbonyl (C=O) groups excluding carboxylic acids is 2. The molecular formula is C23H34N4O3. The normalized spacial score (nSPS) is 29.0. The van der Waals surface area contributed by atoms with Crippen LogP contribution in [-0.4, -0.2) is 60.9 Å². The molecule has 3 heterocycles. The minimum Gasteiger partial charge on any atom is -0.619 e. The van der Waals surface area contributed by atoms with Crippen molar-refractivity contribution in [2.24, 2.45) is 16.7 Å². The number of unbranched alkanes of at least 4 members (excludes halogenated alkanes) is 1. The van der Waals surface area contributed by atoms with Gasteiger partial charge in [0.15, 0.2) is 12.4 Å². The predicted octanol–water partition coefficient (Wildman–Crippen LogP) is 2.03. The number of nitrogens with zero attached hydrogens (tertiary/aromatic N) is 4. The molecule has 0 radical (unpaired) electrons. The summed E-state index contributed by atoms with van der Waals surface area (Å²) in [6.07, 6.45) is 6.60. The summed E-state index contributed by atoms with van der Waals surface area (Å²) >= 11 is 0. The van der Waals surface area contributed by atoms with Crippen molar-refractivity contribution >= 4 is 17.5 Å². The largest absolute Gasteiger partial charge is 0.619 e. The topological polar surface area (TPSA) is 70.8 Å². The molecule has 4 rings (SSSR count). The van der Waals surface area contributed by atoms with Crippen LogP contribution in [0, 0.1) is 22.0 Å². The highest BCUT2D eigenvalue weighted by Crippen LogP contribution is 2.60. The second-order valence-electron chi connectivity index (χ2n) is 9.89. The van der Waals surface area contributed by atoms with E-state index < -0.39 is 5.41 Å². The van der Waals surface area contributed by atoms with Gasteiger partial charge in [0.25, 0.3) is 0 Å². The summed E-state index contributed by atoms with van der Waals surface area (Å²) in [5.74, 6) is 0.0836. The third-order valence-electron chi connectivity index (χ3n) is 8.14. The molecule has 3 fully saturated rings. The van der Waals surface area contributed by atoms with Gasteiger partial charge in [-0.3, -0.25) is 19.4 Å². The van der Waals surface area contributed by atoms with Crippen LogP contribution in [0.3, 0.4) is 0 Å². The Morgan fingerprint density at radius 1 is 1.03 bits per heavy atom. The van der Waals surface area contributed by atoms with E-state index in [0.717, 1.165) is 68.8 Å². The number of piperidine rings is 1. The molecule has 3 aliphatic rings. The lowest BCUT2D eigenvalue weighted by atomic mass is 9.62. The van der Waals surface area contributed by atoms with Crippen LogP contribution in [0.15, 0.2) is 24.5 Å². The fraction of sp³-hybridized carbons (Fsp3) is 0.696. The summed E-state index contributed by atoms with van der Waals surface area (Å²) in [6.45, 7) is 11.6. The smallest absolute Gasteiger partial charge is 0.235 e. The minimum absolute atomic E-state index is 0.0117. The minimum atomic E-state index is -0.398. The van der Waals surface area contributed by atoms with Crippen LogP contribution in [0.1, 0.15) is 46.5 Å². The van der Waals surface area contributed by atoms with Crippen molar-refractivity contribution in [3.05, 3.63) is 29.7 Å². The van der Waals surface area contributed by atoms with Crippen LogP contribution in [0.2, 0.25) is 0 Å². The van der Waals surface area contributed by atoms with Crippen molar-refractivity contribution in [3.63, 3.8) is 0 Å². The molecule has 164 valence electrons. The van der Waals surface area contributed by atoms with Crippen LogP contribution >= 0.6 is 0 Å². The SMILES string of the molecule is CC1(C)[C@H]2CC[C@]1(C)C(=O)N(CCCCN1CCN(c3cc[n+]([O-])cc3)CC1)C2=O. The van der Waals surface area contributed by atoms with Crippen molar-refractivity contribution in [2.75, 3.05) is 44.2 Å². The number of rotatable bonds is 6. The van der Waals surface area contributed by atoms with Gasteiger partial charge in [0.1, 0.15) is 0 Å². The zero-order valence-corrected chi connectivity index (χ0v) is 18.5. The summed E-state index contributed by atoms with van der Waals surface area (Å²) in [7, 11) is 0. The highest BCUT2D eigenvalue weighted by molar-refractivity contribution is 6.03. The highest BCUT2D eigenvalue weighted by Gasteiger charge is 2.64. The summed E-state index contributed by atoms with van der Waals surface area (Å²) in [5, 5.41) is 11.2. The molecule has 0 N–H and O–H groups in total. The molecule has 30 heavy (non-hydrogen) atoms. The number of hydrogen-bond donors (Lipinski definition) is 0. The molecule has 0 spiro atoms. The summed E-state index contributed by atoms with van der Waals surface area (Å²) in [6, 6.07) is 3.73. The maximum absolute atomic E-state index is 13.1. The van der Waals surface area contributed by atoms with E-state index in [2.05, 4.69) is 30.6 Å². The zero-order valence-electron chi connectivity index (χ0n) is 18.5. The van der Waals surface area contributed by atoms with Gasteiger partial charge in [-0.1, -0.05) is 20.8 Å². The van der Waals surface area contributed by atoms with Crippen LogP contribution in [-0.2, 0) is 9.59 Å². The van der Waals surface area contributed by atoms with E-state index in [9.17, 15) is 14.8 Å². The molecule has 1 aliphatic carbocycles. The number of pyridine rings is 1. The first-order chi connectivity index (χ1) is 14.2. The number of likely N-dealkylation sites (tertiary alicyclic amines) is 1. The number of hydrogen-bond acceptors (Lipinski definition) is 5. The maximum atomic E-state index is 13.1. The average molecular weight is 415 g/mol. The van der Waals surface area contributed by atoms with E-state index in [1.54, 1.807) is 17.3 Å². The van der Waals surface area contributed by atoms with E-state index in [1.807, 2.05) is 12.1 Å². The quantitative estimate of drug-likeness (QED) is 0.308. The molecule has 2 atom stereocenters. The van der Waals surface area contributed by atoms with Crippen molar-refractivity contribution in [3.8, 4) is 0 Å². The van der Waals surface area contributed by atoms with Crippen molar-refractivity contribution in [1.82, 2.24) is 9.80 Å². The fourth-order valence-electron chi connectivity index (χ4n) is 5.56. The van der Waals surface area contributed by atoms with Crippen molar-refractivity contribution in [1.29, 1.82) is 0 Å². The number of amides is 2. The van der Waals surface area contributed by atoms with Crippen LogP contribution in [0.4, 0.5) is 5.69 Å². The van der Waals surface area contributed by atoms with Gasteiger partial charge >= 0.3 is 0 Å². The summed E-state index contributed by atoms with van der Waals surface area (Å²) < 4.78 is 0.810. The first-order valence-corrected chi connectivity index (χ1v) is 11.3. The van der Waals surface area contributed by atoms with E-state index >= 15 is 0 Å². The number of imide groups is 1. The third-order valence-corrected chi connectivity index (χ3v) is 8.14. The van der Waals surface area contributed by atoms with E-state index in [1.165, 1.54) is 0 Å². The van der Waals surface area contributed by atoms with Gasteiger partial charge in [0, 0.05) is 56.5 Å². The molecule has 1 aromatic rings. The monoisotopic (exact) mass is 414 g/mol. The highest BCUT2D eigenvalue weighted by atomic mass is 16.5. The van der Waals surface area contributed by atoms with Gasteiger partial charge in [-0.15, -0.1) is 0 Å². The molecule has 0 unspecified atom stereocenters. The fourth-order valence-corrected chi connectivity index (χ4v) is 5.56. The molecule has 0 aromatic carbocycles. The van der Waals surface area contributed by atoms with Crippen molar-refractivity contribution < 1.29 is 14.3 Å². The molecule has 2 aliphatic heterocycles. The lowest BCUT2D eigenvalue weighted by Gasteiger charge is -2.47. The van der Waals surface area contributed by atoms with Gasteiger partial charge in [-0.2, -0.15) is 4.73 Å². The molecule has 2 saturated heterocycles. The Morgan fingerprint density at radius 2 is 1.67 bits per heavy atom. The molecule has 1 aromatic heterocycles. The Labute approximate surface area is 179 Å². The average Bonchev–Trinajstić information content (AvgIpc) is 2.92. The third kappa shape index (κ3) is 3.47. The number of piperazine rings is 1. The lowest BCUT2D eigenvalue weighted by Crippen LogP contribution is -2.59. The van der Waals surface area contributed by atoms with Crippen molar-refractivity contribution in [2.45, 2.75) is 46.5 Å². The van der Waals surface area contributed by atoms with Crippen LogP contribution in [0.25, 0.3) is 0 Å². The maximum Gasteiger partial charge on any atom is 0.235 e. The second kappa shape index (κ2) is 7.84. The zero-order chi connectivity index (χ0) is 21.5. The lowest BCUT2D eigenvalue weighted by molar-refractivity contribution is -0.605. The Morgan fingerprint density at radius 3 is 2.33 bits per heavy atom. The number of aromatic nitrogens is 1. The van der Waals surface area contributed by atoms with E-state index in [4.69, 9.17) is 0 Å². The van der Waals surface area contributed by atoms with Crippen LogP contribution < -0.4 is 9.63 Å². The van der Waals surface area contributed by atoms with Gasteiger partial charge in [-0.05, 0) is 37.6 Å². The van der Waals surface area contributed by atoms with Crippen LogP contribution in [0.5, 0.6) is 0 Å². The molecule has 1 saturated carbocycles. The number of fused-ring (bicyclic) bond motifs is 2. The Kier molecular flexibility index (Phi) is 5.51. The molecule has 7 nitrogen and oxygen atoms in total. The van der Waals surface area contributed by atoms with Gasteiger partial charge in [0.05, 0.1) is 5.41 Å². The molecule has 2 bridgehead atoms. The molecular weight excluding hydrogens is 380 g/mol. The molecule has 2 amide bonds. The number of carbonyl (C=O) groups is 2. The predicted molar refractivity (Wildman–Crippen MR) is 115 cm³/mol. The second-order valence-corrected chi connectivity index (χ2v) is 9.89. The Hall–Kier alpha value is -2.15. The number of anilines is 1. The first kappa shape index (κ1) is 21.1. The van der Waals surface area contributed by atoms with E-state index in [-0.39, 0.29) is 23.1 Å². The first-order valence-electron chi connectivity index (χ1n) is 11.3. The van der Waals surface area contributed by atoms with Gasteiger partial charge < -0.3 is 10.1 Å². The van der Waals surface area contributed by atoms with Gasteiger partial charge in [0.2, 0.25) is 11.8 Å². The Bertz CT molecular complexity index is 801. The van der Waals surface area contributed by atoms with E-state index in [0.29, 0.717) is 6.54 Å². The van der Waals surface area contributed by atoms with Gasteiger partial charge in [-0.25, -0.2) is 0 Å². The molecule has 7 heteroatoms. The standard InChI is InChI=1S/C23H34N4O3/c1-22(2)19-6-9-23(22,3)21(29)27(20(19)28)11-5-4-10-24-14-16-25(17-15-24)18-7-12-26(30)13-8-18/h7-8,12-13,19H,4-6,9-11,14-17H2,1-3H3/t19-,23+/m0/s1. The summed E-state index contributed by atoms with van der Waals surface area (Å²) in [5.41, 5.74) is 0.462.